The number of nitrogens with one attached hydrogen (secondary N) is 1. The van der Waals surface area contributed by atoms with Crippen LogP contribution in [-0.2, 0) is 14.8 Å². The number of aromatic carboxylic acids is 1. The predicted octanol–water partition coefficient (Wildman–Crippen LogP) is 0.795. The van der Waals surface area contributed by atoms with Crippen molar-refractivity contribution in [2.24, 2.45) is 5.92 Å². The Kier molecular flexibility index (Phi) is 4.81. The van der Waals surface area contributed by atoms with Gasteiger partial charge in [-0.05, 0) is 37.0 Å². The molecule has 0 radical (unpaired) electrons. The maximum atomic E-state index is 12.1. The molecule has 0 spiro atoms. The lowest BCUT2D eigenvalue weighted by Crippen LogP contribution is -2.26. The number of ether oxygens (including phenoxy) is 1. The minimum atomic E-state index is -3.79. The molecule has 7 nitrogen and oxygen atoms in total. The molecule has 1 saturated heterocycles. The van der Waals surface area contributed by atoms with Gasteiger partial charge in [-0.25, -0.2) is 17.9 Å². The minimum Gasteiger partial charge on any atom is -0.507 e. The largest absolute Gasteiger partial charge is 0.507 e. The van der Waals surface area contributed by atoms with Crippen LogP contribution in [0.1, 0.15) is 23.2 Å². The Morgan fingerprint density at radius 2 is 2.19 bits per heavy atom. The van der Waals surface area contributed by atoms with Gasteiger partial charge in [0.15, 0.2) is 0 Å². The number of carboxylic acid groups (broad SMARTS) is 1. The lowest BCUT2D eigenvalue weighted by molar-refractivity contribution is 0.0693. The van der Waals surface area contributed by atoms with E-state index in [0.717, 1.165) is 18.6 Å². The highest BCUT2D eigenvalue weighted by atomic mass is 32.2. The molecule has 0 saturated carbocycles. The van der Waals surface area contributed by atoms with Gasteiger partial charge < -0.3 is 14.9 Å². The van der Waals surface area contributed by atoms with Gasteiger partial charge in [-0.3, -0.25) is 0 Å². The molecule has 2 rings (SSSR count). The fourth-order valence-electron chi connectivity index (χ4n) is 2.15. The topological polar surface area (TPSA) is 113 Å². The lowest BCUT2D eigenvalue weighted by atomic mass is 10.1. The summed E-state index contributed by atoms with van der Waals surface area (Å²) in [6.07, 6.45) is 1.59. The molecule has 1 heterocycles. The molecule has 116 valence electrons. The third-order valence-electron chi connectivity index (χ3n) is 3.38. The molecule has 1 aliphatic heterocycles. The summed E-state index contributed by atoms with van der Waals surface area (Å²) in [7, 11) is -3.79. The zero-order valence-corrected chi connectivity index (χ0v) is 12.1. The Morgan fingerprint density at radius 1 is 1.43 bits per heavy atom. The van der Waals surface area contributed by atoms with Crippen molar-refractivity contribution >= 4 is 16.0 Å². The van der Waals surface area contributed by atoms with Crippen LogP contribution in [0.5, 0.6) is 5.75 Å². The number of benzene rings is 1. The van der Waals surface area contributed by atoms with Crippen molar-refractivity contribution in [3.05, 3.63) is 23.8 Å². The third kappa shape index (κ3) is 3.93. The monoisotopic (exact) mass is 315 g/mol. The van der Waals surface area contributed by atoms with Crippen LogP contribution in [0, 0.1) is 5.92 Å². The van der Waals surface area contributed by atoms with Gasteiger partial charge >= 0.3 is 5.97 Å². The highest BCUT2D eigenvalue weighted by molar-refractivity contribution is 7.89. The van der Waals surface area contributed by atoms with Crippen molar-refractivity contribution in [3.8, 4) is 5.75 Å². The maximum Gasteiger partial charge on any atom is 0.339 e. The van der Waals surface area contributed by atoms with Gasteiger partial charge in [-0.15, -0.1) is 0 Å². The van der Waals surface area contributed by atoms with Gasteiger partial charge in [-0.2, -0.15) is 0 Å². The van der Waals surface area contributed by atoms with E-state index < -0.39 is 27.3 Å². The molecule has 21 heavy (non-hydrogen) atoms. The van der Waals surface area contributed by atoms with Crippen LogP contribution in [0.15, 0.2) is 23.1 Å². The van der Waals surface area contributed by atoms with E-state index in [0.29, 0.717) is 25.6 Å². The van der Waals surface area contributed by atoms with E-state index in [1.54, 1.807) is 0 Å². The van der Waals surface area contributed by atoms with Crippen LogP contribution in [0.3, 0.4) is 0 Å². The van der Waals surface area contributed by atoms with E-state index in [-0.39, 0.29) is 11.4 Å². The smallest absolute Gasteiger partial charge is 0.339 e. The first-order valence-corrected chi connectivity index (χ1v) is 8.02. The van der Waals surface area contributed by atoms with Crippen LogP contribution >= 0.6 is 0 Å². The standard InChI is InChI=1S/C13H17NO6S/c15-12-2-1-10(7-11(12)13(16)17)21(18,19)14-5-3-9-4-6-20-8-9/h1-2,7,9,14-15H,3-6,8H2,(H,16,17). The summed E-state index contributed by atoms with van der Waals surface area (Å²) < 4.78 is 31.8. The first-order chi connectivity index (χ1) is 9.90. The van der Waals surface area contributed by atoms with Crippen LogP contribution in [-0.4, -0.2) is 44.4 Å². The molecule has 0 aliphatic carbocycles. The first kappa shape index (κ1) is 15.7. The van der Waals surface area contributed by atoms with Gasteiger partial charge in [0.2, 0.25) is 10.0 Å². The fraction of sp³-hybridized carbons (Fsp3) is 0.462. The van der Waals surface area contributed by atoms with E-state index >= 15 is 0 Å². The molecule has 0 amide bonds. The summed E-state index contributed by atoms with van der Waals surface area (Å²) in [4.78, 5) is 10.7. The van der Waals surface area contributed by atoms with Crippen molar-refractivity contribution in [1.82, 2.24) is 4.72 Å². The summed E-state index contributed by atoms with van der Waals surface area (Å²) in [5.74, 6) is -1.50. The van der Waals surface area contributed by atoms with Crippen LogP contribution in [0.4, 0.5) is 0 Å². The molecule has 1 unspecified atom stereocenters. The number of sulfonamides is 1. The van der Waals surface area contributed by atoms with Crippen molar-refractivity contribution in [3.63, 3.8) is 0 Å². The molecule has 1 aliphatic rings. The maximum absolute atomic E-state index is 12.1. The molecule has 1 fully saturated rings. The zero-order valence-electron chi connectivity index (χ0n) is 11.3. The number of carboxylic acids is 1. The Morgan fingerprint density at radius 3 is 2.81 bits per heavy atom. The Labute approximate surface area is 122 Å². The molecule has 3 N–H and O–H groups in total. The lowest BCUT2D eigenvalue weighted by Gasteiger charge is -2.10. The second-order valence-electron chi connectivity index (χ2n) is 4.90. The Hall–Kier alpha value is -1.64. The molecule has 0 aromatic heterocycles. The van der Waals surface area contributed by atoms with Gasteiger partial charge in [0, 0.05) is 19.8 Å². The Balaban J connectivity index is 2.04. The van der Waals surface area contributed by atoms with Gasteiger partial charge in [0.1, 0.15) is 11.3 Å². The number of aromatic hydroxyl groups is 1. The third-order valence-corrected chi connectivity index (χ3v) is 4.84. The average molecular weight is 315 g/mol. The summed E-state index contributed by atoms with van der Waals surface area (Å²) in [6.45, 7) is 1.61. The van der Waals surface area contributed by atoms with Gasteiger partial charge in [0.05, 0.1) is 4.90 Å². The quantitative estimate of drug-likeness (QED) is 0.715. The highest BCUT2D eigenvalue weighted by Crippen LogP contribution is 2.21. The second kappa shape index (κ2) is 6.42. The summed E-state index contributed by atoms with van der Waals surface area (Å²) in [5.41, 5.74) is -0.443. The second-order valence-corrected chi connectivity index (χ2v) is 6.67. The fourth-order valence-corrected chi connectivity index (χ4v) is 3.22. The molecule has 8 heteroatoms. The van der Waals surface area contributed by atoms with E-state index in [2.05, 4.69) is 4.72 Å². The normalized spacial score (nSPS) is 18.8. The van der Waals surface area contributed by atoms with E-state index in [1.165, 1.54) is 6.07 Å². The number of rotatable bonds is 6. The molecular weight excluding hydrogens is 298 g/mol. The van der Waals surface area contributed by atoms with Crippen molar-refractivity contribution in [1.29, 1.82) is 0 Å². The average Bonchev–Trinajstić information content (AvgIpc) is 2.91. The molecular formula is C13H17NO6S. The van der Waals surface area contributed by atoms with Gasteiger partial charge in [0.25, 0.3) is 0 Å². The number of carbonyl (C=O) groups is 1. The molecule has 1 atom stereocenters. The first-order valence-electron chi connectivity index (χ1n) is 6.54. The summed E-state index contributed by atoms with van der Waals surface area (Å²) in [5, 5.41) is 18.3. The SMILES string of the molecule is O=C(O)c1cc(S(=O)(=O)NCCC2CCOC2)ccc1O. The minimum absolute atomic E-state index is 0.180. The van der Waals surface area contributed by atoms with Crippen LogP contribution in [0.2, 0.25) is 0 Å². The van der Waals surface area contributed by atoms with Crippen LogP contribution < -0.4 is 4.72 Å². The molecule has 0 bridgehead atoms. The van der Waals surface area contributed by atoms with Crippen molar-refractivity contribution < 1.29 is 28.2 Å². The van der Waals surface area contributed by atoms with Crippen molar-refractivity contribution in [2.75, 3.05) is 19.8 Å². The van der Waals surface area contributed by atoms with Crippen LogP contribution in [0.25, 0.3) is 0 Å². The summed E-state index contributed by atoms with van der Waals surface area (Å²) in [6, 6.07) is 3.17. The number of hydrogen-bond donors (Lipinski definition) is 3. The van der Waals surface area contributed by atoms with E-state index in [1.807, 2.05) is 0 Å². The Bertz CT molecular complexity index is 622. The van der Waals surface area contributed by atoms with E-state index in [4.69, 9.17) is 9.84 Å². The predicted molar refractivity (Wildman–Crippen MR) is 73.8 cm³/mol. The van der Waals surface area contributed by atoms with Gasteiger partial charge in [-0.1, -0.05) is 0 Å². The molecule has 1 aromatic carbocycles. The van der Waals surface area contributed by atoms with Crippen molar-refractivity contribution in [2.45, 2.75) is 17.7 Å². The molecule has 1 aromatic rings. The zero-order chi connectivity index (χ0) is 15.5. The number of hydrogen-bond acceptors (Lipinski definition) is 5. The highest BCUT2D eigenvalue weighted by Gasteiger charge is 2.20. The summed E-state index contributed by atoms with van der Waals surface area (Å²) >= 11 is 0. The number of phenols is 1. The van der Waals surface area contributed by atoms with E-state index in [9.17, 15) is 18.3 Å².